The first-order valence-corrected chi connectivity index (χ1v) is 9.82. The predicted molar refractivity (Wildman–Crippen MR) is 108 cm³/mol. The van der Waals surface area contributed by atoms with Gasteiger partial charge in [0.05, 0.1) is 12.3 Å². The summed E-state index contributed by atoms with van der Waals surface area (Å²) in [5, 5.41) is 4.13. The maximum Gasteiger partial charge on any atom is 0.251 e. The molecule has 0 bridgehead atoms. The van der Waals surface area contributed by atoms with E-state index < -0.39 is 0 Å². The van der Waals surface area contributed by atoms with Crippen LogP contribution in [-0.4, -0.2) is 41.8 Å². The first-order chi connectivity index (χ1) is 12.5. The topological polar surface area (TPSA) is 50.4 Å². The summed E-state index contributed by atoms with van der Waals surface area (Å²) in [5.41, 5.74) is 1.77. The largest absolute Gasteiger partial charge is 0.464 e. The second-order valence-corrected chi connectivity index (χ2v) is 7.72. The minimum absolute atomic E-state index is 0.0278. The van der Waals surface area contributed by atoms with E-state index >= 15 is 0 Å². The van der Waals surface area contributed by atoms with E-state index in [4.69, 9.17) is 4.42 Å². The standard InChI is InChI=1S/C20H25N3O2S/c1-22(2)13-17-6-7-18(25-17)14-26-11-9-21-20(24)16-5-4-15-8-10-23(3)19(15)12-16/h4-8,10,12H,9,11,13-14H2,1-3H3,(H,21,24). The molecule has 0 spiro atoms. The zero-order chi connectivity index (χ0) is 18.5. The number of hydrogen-bond donors (Lipinski definition) is 1. The van der Waals surface area contributed by atoms with Crippen LogP contribution in [0.4, 0.5) is 0 Å². The van der Waals surface area contributed by atoms with Crippen LogP contribution in [0.2, 0.25) is 0 Å². The Morgan fingerprint density at radius 1 is 1.19 bits per heavy atom. The number of aryl methyl sites for hydroxylation is 1. The number of benzene rings is 1. The molecule has 0 fully saturated rings. The highest BCUT2D eigenvalue weighted by molar-refractivity contribution is 7.98. The molecule has 0 unspecified atom stereocenters. The number of nitrogens with one attached hydrogen (secondary N) is 1. The van der Waals surface area contributed by atoms with Gasteiger partial charge in [0, 0.05) is 36.6 Å². The number of fused-ring (bicyclic) bond motifs is 1. The number of carbonyl (C=O) groups excluding carboxylic acids is 1. The van der Waals surface area contributed by atoms with E-state index in [1.165, 1.54) is 0 Å². The third-order valence-corrected chi connectivity index (χ3v) is 5.10. The third kappa shape index (κ3) is 4.71. The molecule has 0 saturated carbocycles. The number of amides is 1. The van der Waals surface area contributed by atoms with Gasteiger partial charge in [0.1, 0.15) is 11.5 Å². The van der Waals surface area contributed by atoms with Crippen LogP contribution in [0.25, 0.3) is 10.9 Å². The van der Waals surface area contributed by atoms with Crippen LogP contribution in [0.15, 0.2) is 47.0 Å². The average Bonchev–Trinajstić information content (AvgIpc) is 3.20. The number of thioether (sulfide) groups is 1. The Kier molecular flexibility index (Phi) is 6.06. The lowest BCUT2D eigenvalue weighted by Crippen LogP contribution is -2.25. The molecule has 2 heterocycles. The van der Waals surface area contributed by atoms with Gasteiger partial charge in [0.25, 0.3) is 5.91 Å². The first-order valence-electron chi connectivity index (χ1n) is 8.66. The maximum absolute atomic E-state index is 12.3. The zero-order valence-corrected chi connectivity index (χ0v) is 16.3. The van der Waals surface area contributed by atoms with Gasteiger partial charge in [-0.2, -0.15) is 11.8 Å². The summed E-state index contributed by atoms with van der Waals surface area (Å²) in [6.07, 6.45) is 2.00. The Hall–Kier alpha value is -2.18. The lowest BCUT2D eigenvalue weighted by molar-refractivity contribution is 0.0956. The second kappa shape index (κ2) is 8.47. The summed E-state index contributed by atoms with van der Waals surface area (Å²) in [5.74, 6) is 3.60. The van der Waals surface area contributed by atoms with Crippen molar-refractivity contribution in [2.75, 3.05) is 26.4 Å². The molecule has 26 heavy (non-hydrogen) atoms. The number of nitrogens with zero attached hydrogens (tertiary/aromatic N) is 2. The Morgan fingerprint density at radius 3 is 2.81 bits per heavy atom. The molecule has 0 saturated heterocycles. The number of hydrogen-bond acceptors (Lipinski definition) is 4. The highest BCUT2D eigenvalue weighted by atomic mass is 32.2. The Morgan fingerprint density at radius 2 is 2.00 bits per heavy atom. The molecule has 3 rings (SSSR count). The number of furan rings is 1. The van der Waals surface area contributed by atoms with Gasteiger partial charge >= 0.3 is 0 Å². The molecule has 0 aliphatic heterocycles. The van der Waals surface area contributed by atoms with Crippen molar-refractivity contribution >= 4 is 28.6 Å². The van der Waals surface area contributed by atoms with Crippen molar-refractivity contribution in [3.05, 3.63) is 59.7 Å². The summed E-state index contributed by atoms with van der Waals surface area (Å²) < 4.78 is 7.81. The van der Waals surface area contributed by atoms with E-state index in [9.17, 15) is 4.79 Å². The highest BCUT2D eigenvalue weighted by Gasteiger charge is 2.08. The second-order valence-electron chi connectivity index (χ2n) is 6.61. The monoisotopic (exact) mass is 371 g/mol. The predicted octanol–water partition coefficient (Wildman–Crippen LogP) is 3.50. The van der Waals surface area contributed by atoms with Crippen LogP contribution in [0.1, 0.15) is 21.9 Å². The quantitative estimate of drug-likeness (QED) is 0.616. The normalized spacial score (nSPS) is 11.4. The molecule has 138 valence electrons. The fourth-order valence-corrected chi connectivity index (χ4v) is 3.56. The number of aromatic nitrogens is 1. The molecule has 6 heteroatoms. The van der Waals surface area contributed by atoms with E-state index in [1.807, 2.05) is 68.3 Å². The molecule has 0 atom stereocenters. The molecule has 1 N–H and O–H groups in total. The van der Waals surface area contributed by atoms with Gasteiger partial charge in [-0.25, -0.2) is 0 Å². The van der Waals surface area contributed by atoms with Crippen LogP contribution < -0.4 is 5.32 Å². The van der Waals surface area contributed by atoms with Gasteiger partial charge in [-0.15, -0.1) is 0 Å². The average molecular weight is 372 g/mol. The SMILES string of the molecule is CN(C)Cc1ccc(CSCCNC(=O)c2ccc3ccn(C)c3c2)o1. The third-order valence-electron chi connectivity index (χ3n) is 4.12. The van der Waals surface area contributed by atoms with Gasteiger partial charge in [0.15, 0.2) is 0 Å². The maximum atomic E-state index is 12.3. The lowest BCUT2D eigenvalue weighted by Gasteiger charge is -2.06. The van der Waals surface area contributed by atoms with E-state index in [-0.39, 0.29) is 5.91 Å². The van der Waals surface area contributed by atoms with Crippen molar-refractivity contribution in [1.29, 1.82) is 0 Å². The van der Waals surface area contributed by atoms with Crippen LogP contribution in [-0.2, 0) is 19.3 Å². The Balaban J connectivity index is 1.42. The Bertz CT molecular complexity index is 882. The Labute approximate surface area is 158 Å². The van der Waals surface area contributed by atoms with Gasteiger partial charge in [-0.1, -0.05) is 6.07 Å². The molecular formula is C20H25N3O2S. The summed E-state index contributed by atoms with van der Waals surface area (Å²) in [7, 11) is 6.03. The molecule has 0 aliphatic rings. The van der Waals surface area contributed by atoms with E-state index in [1.54, 1.807) is 11.8 Å². The van der Waals surface area contributed by atoms with Crippen molar-refractivity contribution in [2.45, 2.75) is 12.3 Å². The van der Waals surface area contributed by atoms with Crippen LogP contribution in [0.3, 0.4) is 0 Å². The zero-order valence-electron chi connectivity index (χ0n) is 15.5. The molecule has 1 aromatic carbocycles. The molecule has 1 amide bonds. The van der Waals surface area contributed by atoms with Gasteiger partial charge in [-0.05, 0) is 49.8 Å². The summed E-state index contributed by atoms with van der Waals surface area (Å²) >= 11 is 1.76. The van der Waals surface area contributed by atoms with Crippen molar-refractivity contribution in [2.24, 2.45) is 7.05 Å². The number of carbonyl (C=O) groups is 1. The molecule has 0 radical (unpaired) electrons. The smallest absolute Gasteiger partial charge is 0.251 e. The minimum atomic E-state index is -0.0278. The fraction of sp³-hybridized carbons (Fsp3) is 0.350. The van der Waals surface area contributed by atoms with Crippen LogP contribution in [0.5, 0.6) is 0 Å². The molecule has 0 aliphatic carbocycles. The lowest BCUT2D eigenvalue weighted by atomic mass is 10.1. The van der Waals surface area contributed by atoms with Gasteiger partial charge in [-0.3, -0.25) is 4.79 Å². The summed E-state index contributed by atoms with van der Waals surface area (Å²) in [6.45, 7) is 1.45. The fourth-order valence-electron chi connectivity index (χ4n) is 2.81. The molecular weight excluding hydrogens is 346 g/mol. The van der Waals surface area contributed by atoms with Crippen molar-refractivity contribution < 1.29 is 9.21 Å². The minimum Gasteiger partial charge on any atom is -0.464 e. The number of rotatable bonds is 8. The highest BCUT2D eigenvalue weighted by Crippen LogP contribution is 2.17. The van der Waals surface area contributed by atoms with Gasteiger partial charge < -0.3 is 19.2 Å². The van der Waals surface area contributed by atoms with Crippen molar-refractivity contribution in [3.8, 4) is 0 Å². The van der Waals surface area contributed by atoms with Crippen LogP contribution in [0, 0.1) is 0 Å². The van der Waals surface area contributed by atoms with E-state index in [2.05, 4.69) is 10.2 Å². The van der Waals surface area contributed by atoms with E-state index in [0.29, 0.717) is 12.1 Å². The summed E-state index contributed by atoms with van der Waals surface area (Å²) in [6, 6.07) is 11.9. The summed E-state index contributed by atoms with van der Waals surface area (Å²) in [4.78, 5) is 14.4. The first kappa shape index (κ1) is 18.6. The van der Waals surface area contributed by atoms with Crippen molar-refractivity contribution in [1.82, 2.24) is 14.8 Å². The van der Waals surface area contributed by atoms with Crippen molar-refractivity contribution in [3.63, 3.8) is 0 Å². The van der Waals surface area contributed by atoms with Gasteiger partial charge in [0.2, 0.25) is 0 Å². The van der Waals surface area contributed by atoms with Crippen LogP contribution >= 0.6 is 11.8 Å². The van der Waals surface area contributed by atoms with E-state index in [0.717, 1.165) is 40.5 Å². The molecule has 3 aromatic rings. The molecule has 2 aromatic heterocycles. The molecule has 5 nitrogen and oxygen atoms in total.